The summed E-state index contributed by atoms with van der Waals surface area (Å²) in [5.74, 6) is -0.713. The summed E-state index contributed by atoms with van der Waals surface area (Å²) in [6.07, 6.45) is 0.813. The summed E-state index contributed by atoms with van der Waals surface area (Å²) < 4.78 is 17.9. The van der Waals surface area contributed by atoms with Gasteiger partial charge < -0.3 is 15.4 Å². The number of methoxy groups -OCH3 is 1. The lowest BCUT2D eigenvalue weighted by molar-refractivity contribution is 0.0602. The topological polar surface area (TPSA) is 50.4 Å². The zero-order valence-corrected chi connectivity index (χ0v) is 14.7. The maximum absolute atomic E-state index is 13.1. The summed E-state index contributed by atoms with van der Waals surface area (Å²) in [6.45, 7) is 3.79. The first kappa shape index (κ1) is 17.4. The van der Waals surface area contributed by atoms with Crippen LogP contribution in [0.25, 0.3) is 0 Å². The van der Waals surface area contributed by atoms with Gasteiger partial charge in [0.1, 0.15) is 10.8 Å². The molecule has 1 heterocycles. The molecule has 0 aliphatic heterocycles. The van der Waals surface area contributed by atoms with Crippen molar-refractivity contribution in [3.63, 3.8) is 0 Å². The summed E-state index contributed by atoms with van der Waals surface area (Å²) in [5, 5.41) is 6.98. The maximum Gasteiger partial charge on any atom is 0.340 e. The van der Waals surface area contributed by atoms with E-state index in [1.165, 1.54) is 30.6 Å². The summed E-state index contributed by atoms with van der Waals surface area (Å²) in [4.78, 5) is 12.9. The molecule has 0 aliphatic carbocycles. The van der Waals surface area contributed by atoms with E-state index in [0.717, 1.165) is 16.9 Å². The first-order valence-electron chi connectivity index (χ1n) is 6.99. The highest BCUT2D eigenvalue weighted by Gasteiger charge is 2.17. The van der Waals surface area contributed by atoms with E-state index in [9.17, 15) is 9.18 Å². The Morgan fingerprint density at radius 3 is 2.70 bits per heavy atom. The second-order valence-corrected chi connectivity index (χ2v) is 6.38. The Kier molecular flexibility index (Phi) is 5.68. The molecule has 1 aromatic heterocycles. The number of nitrogens with one attached hydrogen (secondary N) is 2. The van der Waals surface area contributed by atoms with Crippen molar-refractivity contribution in [3.05, 3.63) is 46.1 Å². The van der Waals surface area contributed by atoms with Gasteiger partial charge in [0.2, 0.25) is 0 Å². The number of thiocarbonyl (C=S) groups is 1. The molecule has 0 bridgehead atoms. The highest BCUT2D eigenvalue weighted by atomic mass is 32.1. The number of ether oxygens (including phenoxy) is 1. The number of aryl methyl sites for hydroxylation is 2. The molecule has 0 atom stereocenters. The van der Waals surface area contributed by atoms with Crippen molar-refractivity contribution in [2.45, 2.75) is 20.3 Å². The highest BCUT2D eigenvalue weighted by molar-refractivity contribution is 7.80. The molecule has 23 heavy (non-hydrogen) atoms. The first-order chi connectivity index (χ1) is 10.9. The van der Waals surface area contributed by atoms with E-state index < -0.39 is 5.97 Å². The van der Waals surface area contributed by atoms with Crippen LogP contribution in [0.5, 0.6) is 0 Å². The van der Waals surface area contributed by atoms with E-state index in [1.54, 1.807) is 19.1 Å². The van der Waals surface area contributed by atoms with Crippen LogP contribution in [-0.4, -0.2) is 18.2 Å². The van der Waals surface area contributed by atoms with Crippen molar-refractivity contribution < 1.29 is 13.9 Å². The van der Waals surface area contributed by atoms with Gasteiger partial charge in [-0.1, -0.05) is 6.92 Å². The predicted octanol–water partition coefficient (Wildman–Crippen LogP) is 4.35. The molecule has 0 aliphatic rings. The maximum atomic E-state index is 13.1. The van der Waals surface area contributed by atoms with Crippen LogP contribution < -0.4 is 10.6 Å². The standard InChI is InChI=1S/C16H17FN2O2S2/c1-4-11-8-12(15(20)21-3)14(23-11)19-16(22)18-13-6-5-10(17)7-9(13)2/h5-8H,4H2,1-3H3,(H2,18,19,22). The minimum absolute atomic E-state index is 0.300. The van der Waals surface area contributed by atoms with Gasteiger partial charge in [0, 0.05) is 10.6 Å². The van der Waals surface area contributed by atoms with E-state index in [-0.39, 0.29) is 5.82 Å². The zero-order valence-electron chi connectivity index (χ0n) is 13.0. The summed E-state index contributed by atoms with van der Waals surface area (Å²) in [7, 11) is 1.34. The fourth-order valence-electron chi connectivity index (χ4n) is 1.99. The molecule has 0 radical (unpaired) electrons. The van der Waals surface area contributed by atoms with Crippen molar-refractivity contribution in [1.82, 2.24) is 0 Å². The highest BCUT2D eigenvalue weighted by Crippen LogP contribution is 2.29. The van der Waals surface area contributed by atoms with E-state index in [2.05, 4.69) is 10.6 Å². The number of carbonyl (C=O) groups excluding carboxylic acids is 1. The molecule has 2 N–H and O–H groups in total. The molecule has 1 aromatic carbocycles. The van der Waals surface area contributed by atoms with Gasteiger partial charge in [0.15, 0.2) is 5.11 Å². The second-order valence-electron chi connectivity index (χ2n) is 4.84. The monoisotopic (exact) mass is 352 g/mol. The van der Waals surface area contributed by atoms with Gasteiger partial charge in [-0.15, -0.1) is 11.3 Å². The van der Waals surface area contributed by atoms with Crippen molar-refractivity contribution >= 4 is 45.3 Å². The van der Waals surface area contributed by atoms with Crippen LogP contribution in [0.15, 0.2) is 24.3 Å². The lowest BCUT2D eigenvalue weighted by Crippen LogP contribution is -2.20. The fourth-order valence-corrected chi connectivity index (χ4v) is 3.26. The average Bonchev–Trinajstić information content (AvgIpc) is 2.92. The van der Waals surface area contributed by atoms with Crippen LogP contribution in [-0.2, 0) is 11.2 Å². The van der Waals surface area contributed by atoms with Crippen molar-refractivity contribution in [1.29, 1.82) is 0 Å². The van der Waals surface area contributed by atoms with Gasteiger partial charge in [-0.25, -0.2) is 9.18 Å². The quantitative estimate of drug-likeness (QED) is 0.633. The van der Waals surface area contributed by atoms with E-state index in [4.69, 9.17) is 17.0 Å². The molecule has 0 saturated heterocycles. The Morgan fingerprint density at radius 1 is 1.35 bits per heavy atom. The third-order valence-corrected chi connectivity index (χ3v) is 4.60. The molecule has 4 nitrogen and oxygen atoms in total. The molecular formula is C16H17FN2O2S2. The number of halogens is 1. The van der Waals surface area contributed by atoms with E-state index in [0.29, 0.717) is 21.4 Å². The minimum Gasteiger partial charge on any atom is -0.465 e. The summed E-state index contributed by atoms with van der Waals surface area (Å²) in [5.41, 5.74) is 1.90. The number of hydrogen-bond acceptors (Lipinski definition) is 4. The first-order valence-corrected chi connectivity index (χ1v) is 8.22. The van der Waals surface area contributed by atoms with Gasteiger partial charge in [-0.2, -0.15) is 0 Å². The Morgan fingerprint density at radius 2 is 2.09 bits per heavy atom. The number of benzene rings is 1. The van der Waals surface area contributed by atoms with E-state index >= 15 is 0 Å². The molecule has 7 heteroatoms. The van der Waals surface area contributed by atoms with Crippen molar-refractivity contribution in [3.8, 4) is 0 Å². The zero-order chi connectivity index (χ0) is 17.0. The van der Waals surface area contributed by atoms with E-state index in [1.807, 2.05) is 6.92 Å². The molecule has 2 rings (SSSR count). The summed E-state index contributed by atoms with van der Waals surface area (Å²) >= 11 is 6.73. The number of esters is 1. The Balaban J connectivity index is 2.16. The predicted molar refractivity (Wildman–Crippen MR) is 96.0 cm³/mol. The smallest absolute Gasteiger partial charge is 0.340 e. The largest absolute Gasteiger partial charge is 0.465 e. The Bertz CT molecular complexity index is 744. The normalized spacial score (nSPS) is 10.3. The van der Waals surface area contributed by atoms with Gasteiger partial charge in [-0.3, -0.25) is 0 Å². The third-order valence-electron chi connectivity index (χ3n) is 3.20. The minimum atomic E-state index is -0.413. The van der Waals surface area contributed by atoms with Gasteiger partial charge in [-0.05, 0) is 55.4 Å². The lowest BCUT2D eigenvalue weighted by Gasteiger charge is -2.12. The molecule has 0 saturated carbocycles. The number of hydrogen-bond donors (Lipinski definition) is 2. The van der Waals surface area contributed by atoms with Crippen LogP contribution in [0.3, 0.4) is 0 Å². The third kappa shape index (κ3) is 4.27. The van der Waals surface area contributed by atoms with Gasteiger partial charge >= 0.3 is 5.97 Å². The van der Waals surface area contributed by atoms with Gasteiger partial charge in [0.25, 0.3) is 0 Å². The van der Waals surface area contributed by atoms with Crippen LogP contribution in [0.1, 0.15) is 27.7 Å². The van der Waals surface area contributed by atoms with Crippen molar-refractivity contribution in [2.75, 3.05) is 17.7 Å². The van der Waals surface area contributed by atoms with Crippen LogP contribution in [0, 0.1) is 12.7 Å². The SMILES string of the molecule is CCc1cc(C(=O)OC)c(NC(=S)Nc2ccc(F)cc2C)s1. The molecule has 0 fully saturated rings. The lowest BCUT2D eigenvalue weighted by atomic mass is 10.2. The molecule has 0 spiro atoms. The number of rotatable bonds is 4. The Hall–Kier alpha value is -1.99. The number of anilines is 2. The fraction of sp³-hybridized carbons (Fsp3) is 0.250. The van der Waals surface area contributed by atoms with Gasteiger partial charge in [0.05, 0.1) is 12.7 Å². The molecule has 2 aromatic rings. The van der Waals surface area contributed by atoms with Crippen molar-refractivity contribution in [2.24, 2.45) is 0 Å². The van der Waals surface area contributed by atoms with Crippen LogP contribution in [0.4, 0.5) is 15.1 Å². The second kappa shape index (κ2) is 7.52. The average molecular weight is 352 g/mol. The number of thiophene rings is 1. The van der Waals surface area contributed by atoms with Crippen LogP contribution >= 0.6 is 23.6 Å². The molecule has 122 valence electrons. The van der Waals surface area contributed by atoms with Crippen LogP contribution in [0.2, 0.25) is 0 Å². The Labute approximate surface area is 143 Å². The molecular weight excluding hydrogens is 335 g/mol. The molecule has 0 amide bonds. The molecule has 0 unspecified atom stereocenters. The summed E-state index contributed by atoms with van der Waals surface area (Å²) in [6, 6.07) is 6.19. The number of carbonyl (C=O) groups is 1.